The molecule has 2 fully saturated rings. The summed E-state index contributed by atoms with van der Waals surface area (Å²) in [6.07, 6.45) is -1.13. The molecule has 48 heavy (non-hydrogen) atoms. The van der Waals surface area contributed by atoms with Gasteiger partial charge in [0.2, 0.25) is 11.8 Å². The number of nitrogens with zero attached hydrogens (tertiary/aromatic N) is 6. The molecule has 3 aromatic rings. The number of hydrogen-bond donors (Lipinski definition) is 3. The van der Waals surface area contributed by atoms with Crippen LogP contribution in [-0.2, 0) is 11.3 Å². The van der Waals surface area contributed by atoms with Crippen molar-refractivity contribution in [2.45, 2.75) is 88.0 Å². The van der Waals surface area contributed by atoms with Crippen LogP contribution in [0, 0.1) is 11.8 Å². The van der Waals surface area contributed by atoms with Crippen LogP contribution in [0.5, 0.6) is 0 Å². The Morgan fingerprint density at radius 2 is 1.71 bits per heavy atom. The van der Waals surface area contributed by atoms with Gasteiger partial charge in [-0.25, -0.2) is 27.1 Å². The van der Waals surface area contributed by atoms with E-state index in [1.807, 2.05) is 0 Å². The molecule has 0 radical (unpaired) electrons. The van der Waals surface area contributed by atoms with Crippen LogP contribution in [0.4, 0.5) is 30.7 Å². The lowest BCUT2D eigenvalue weighted by atomic mass is 9.81. The third kappa shape index (κ3) is 9.76. The summed E-state index contributed by atoms with van der Waals surface area (Å²) >= 11 is 5.22. The molecule has 19 heteroatoms. The maximum atomic E-state index is 14.1. The average molecular weight is 710 g/mol. The second kappa shape index (κ2) is 14.5. The van der Waals surface area contributed by atoms with Crippen molar-refractivity contribution in [2.75, 3.05) is 19.0 Å². The largest absolute Gasteiger partial charge is 0.389 e. The predicted molar refractivity (Wildman–Crippen MR) is 158 cm³/mol. The van der Waals surface area contributed by atoms with Gasteiger partial charge in [0.15, 0.2) is 11.3 Å². The molecule has 0 aliphatic heterocycles. The molecule has 11 nitrogen and oxygen atoms in total. The number of hydrogen-bond acceptors (Lipinski definition) is 7. The summed E-state index contributed by atoms with van der Waals surface area (Å²) in [7, 11) is 0. The number of carbonyl (C=O) groups excluding carboxylic acids is 2. The normalized spacial score (nSPS) is 18.5. The number of amides is 2. The van der Waals surface area contributed by atoms with E-state index in [1.165, 1.54) is 16.9 Å². The zero-order chi connectivity index (χ0) is 34.7. The Bertz CT molecular complexity index is 1570. The van der Waals surface area contributed by atoms with Crippen molar-refractivity contribution in [1.29, 1.82) is 0 Å². The second-order valence-electron chi connectivity index (χ2n) is 12.4. The monoisotopic (exact) mass is 709 g/mol. The highest BCUT2D eigenvalue weighted by atomic mass is 35.5. The first-order valence-corrected chi connectivity index (χ1v) is 16.1. The quantitative estimate of drug-likeness (QED) is 0.115. The van der Waals surface area contributed by atoms with Gasteiger partial charge in [0.25, 0.3) is 11.8 Å². The summed E-state index contributed by atoms with van der Waals surface area (Å²) in [5.41, 5.74) is 1.15. The third-order valence-electron chi connectivity index (χ3n) is 8.44. The lowest BCUT2D eigenvalue weighted by molar-refractivity contribution is -0.144. The fourth-order valence-corrected chi connectivity index (χ4v) is 5.78. The highest BCUT2D eigenvalue weighted by Gasteiger charge is 2.40. The summed E-state index contributed by atoms with van der Waals surface area (Å²) in [4.78, 5) is 31.4. The molecule has 2 aliphatic rings. The Morgan fingerprint density at radius 1 is 1.00 bits per heavy atom. The maximum absolute atomic E-state index is 14.1. The standard InChI is InChI=1S/C29H35ClF7N9O2/c30-15-28(33,34)16-38-9-10-46-40-13-20(44-46)26(48)43-25(18-3-6-27(31,32)7-4-18)21-14-45-22(41-21)11-19(12-39-45)24(17-1-2-17)42-23(47)5-8-29(35,36)37/h11-14,17-18,24-25,38H,1-10,15-16H2,(H,42,47)(H,43,48)/t24-,25+/m1/s1. The molecular weight excluding hydrogens is 675 g/mol. The minimum atomic E-state index is -4.46. The van der Waals surface area contributed by atoms with Crippen LogP contribution < -0.4 is 16.0 Å². The summed E-state index contributed by atoms with van der Waals surface area (Å²) in [5.74, 6) is -8.49. The van der Waals surface area contributed by atoms with Gasteiger partial charge in [-0.3, -0.25) is 9.59 Å². The Kier molecular flexibility index (Phi) is 10.8. The van der Waals surface area contributed by atoms with Gasteiger partial charge in [-0.2, -0.15) is 28.2 Å². The zero-order valence-corrected chi connectivity index (χ0v) is 26.4. The smallest absolute Gasteiger partial charge is 0.349 e. The van der Waals surface area contributed by atoms with Crippen molar-refractivity contribution < 1.29 is 40.3 Å². The van der Waals surface area contributed by atoms with Gasteiger partial charge < -0.3 is 16.0 Å². The Morgan fingerprint density at radius 3 is 2.38 bits per heavy atom. The van der Waals surface area contributed by atoms with Crippen LogP contribution in [0.2, 0.25) is 0 Å². The lowest BCUT2D eigenvalue weighted by Crippen LogP contribution is -2.37. The van der Waals surface area contributed by atoms with Gasteiger partial charge >= 0.3 is 6.18 Å². The third-order valence-corrected chi connectivity index (χ3v) is 8.83. The van der Waals surface area contributed by atoms with Crippen LogP contribution in [0.1, 0.15) is 85.2 Å². The molecule has 2 saturated carbocycles. The number of alkyl halides is 8. The number of fused-ring (bicyclic) bond motifs is 1. The van der Waals surface area contributed by atoms with Crippen molar-refractivity contribution in [2.24, 2.45) is 11.8 Å². The molecule has 2 aliphatic carbocycles. The van der Waals surface area contributed by atoms with Crippen molar-refractivity contribution in [3.05, 3.63) is 41.6 Å². The molecule has 0 bridgehead atoms. The van der Waals surface area contributed by atoms with Crippen LogP contribution in [0.3, 0.4) is 0 Å². The molecule has 2 amide bonds. The number of imidazole rings is 1. The van der Waals surface area contributed by atoms with Crippen LogP contribution in [0.25, 0.3) is 5.65 Å². The average Bonchev–Trinajstić information content (AvgIpc) is 3.60. The fraction of sp³-hybridized carbons (Fsp3) is 0.655. The van der Waals surface area contributed by atoms with Gasteiger partial charge in [0.05, 0.1) is 61.8 Å². The molecule has 3 N–H and O–H groups in total. The summed E-state index contributed by atoms with van der Waals surface area (Å²) in [6, 6.07) is 0.277. The SMILES string of the molecule is O=C(CCC(F)(F)F)N[C@@H](c1cnn2cc([C@@H](NC(=O)c3cnn(CCNCC(F)(F)CCl)n3)C3CCC(F)(F)CC3)nc2c1)C1CC1. The molecule has 264 valence electrons. The van der Waals surface area contributed by atoms with Gasteiger partial charge in [0, 0.05) is 25.8 Å². The molecule has 0 unspecified atom stereocenters. The van der Waals surface area contributed by atoms with E-state index in [0.717, 1.165) is 17.6 Å². The van der Waals surface area contributed by atoms with Crippen LogP contribution in [-0.4, -0.2) is 78.4 Å². The summed E-state index contributed by atoms with van der Waals surface area (Å²) in [5, 5.41) is 20.6. The van der Waals surface area contributed by atoms with Crippen molar-refractivity contribution in [3.8, 4) is 0 Å². The van der Waals surface area contributed by atoms with E-state index in [2.05, 4.69) is 36.2 Å². The summed E-state index contributed by atoms with van der Waals surface area (Å²) < 4.78 is 94.1. The molecule has 2 atom stereocenters. The van der Waals surface area contributed by atoms with E-state index in [0.29, 0.717) is 16.9 Å². The van der Waals surface area contributed by atoms with Gasteiger partial charge in [-0.15, -0.1) is 16.7 Å². The zero-order valence-electron chi connectivity index (χ0n) is 25.6. The van der Waals surface area contributed by atoms with E-state index >= 15 is 0 Å². The lowest BCUT2D eigenvalue weighted by Gasteiger charge is -2.33. The highest BCUT2D eigenvalue weighted by Crippen LogP contribution is 2.43. The van der Waals surface area contributed by atoms with E-state index in [9.17, 15) is 40.3 Å². The van der Waals surface area contributed by atoms with Crippen molar-refractivity contribution in [3.63, 3.8) is 0 Å². The number of rotatable bonds is 15. The van der Waals surface area contributed by atoms with Gasteiger partial charge in [-0.1, -0.05) is 0 Å². The number of nitrogens with one attached hydrogen (secondary N) is 3. The van der Waals surface area contributed by atoms with Gasteiger partial charge in [-0.05, 0) is 49.1 Å². The topological polar surface area (TPSA) is 131 Å². The Balaban J connectivity index is 1.31. The van der Waals surface area contributed by atoms with Crippen molar-refractivity contribution in [1.82, 2.24) is 45.5 Å². The van der Waals surface area contributed by atoms with Gasteiger partial charge in [0.1, 0.15) is 0 Å². The van der Waals surface area contributed by atoms with E-state index in [4.69, 9.17) is 11.6 Å². The number of halogens is 8. The molecule has 3 heterocycles. The minimum absolute atomic E-state index is 0.0326. The predicted octanol–water partition coefficient (Wildman–Crippen LogP) is 4.99. The highest BCUT2D eigenvalue weighted by molar-refractivity contribution is 6.18. The number of aromatic nitrogens is 6. The molecule has 0 aromatic carbocycles. The summed E-state index contributed by atoms with van der Waals surface area (Å²) in [6.45, 7) is -0.478. The first-order chi connectivity index (χ1) is 22.6. The first-order valence-electron chi connectivity index (χ1n) is 15.6. The molecule has 3 aromatic heterocycles. The Labute approximate surface area is 275 Å². The van der Waals surface area contributed by atoms with Crippen molar-refractivity contribution >= 4 is 29.1 Å². The molecular formula is C29H35ClF7N9O2. The van der Waals surface area contributed by atoms with E-state index in [-0.39, 0.29) is 50.4 Å². The molecule has 0 spiro atoms. The second-order valence-corrected chi connectivity index (χ2v) is 12.7. The fourth-order valence-electron chi connectivity index (χ4n) is 5.68. The molecule has 0 saturated heterocycles. The van der Waals surface area contributed by atoms with Crippen LogP contribution in [0.15, 0.2) is 24.7 Å². The minimum Gasteiger partial charge on any atom is -0.349 e. The first kappa shape index (κ1) is 35.8. The van der Waals surface area contributed by atoms with E-state index < -0.39 is 73.1 Å². The van der Waals surface area contributed by atoms with E-state index in [1.54, 1.807) is 12.3 Å². The Hall–Kier alpha value is -3.54. The molecule has 5 rings (SSSR count). The maximum Gasteiger partial charge on any atom is 0.389 e. The van der Waals surface area contributed by atoms with Crippen LogP contribution >= 0.6 is 11.6 Å². The number of carbonyl (C=O) groups is 2.